The highest BCUT2D eigenvalue weighted by Gasteiger charge is 2.23. The van der Waals surface area contributed by atoms with E-state index in [0.717, 1.165) is 12.5 Å². The normalized spacial score (nSPS) is 21.0. The van der Waals surface area contributed by atoms with Gasteiger partial charge in [0, 0.05) is 51.0 Å². The van der Waals surface area contributed by atoms with Crippen molar-refractivity contribution in [1.29, 1.82) is 0 Å². The maximum atomic E-state index is 4.59. The Hall–Kier alpha value is -1.69. The monoisotopic (exact) mass is 367 g/mol. The molecule has 0 spiro atoms. The summed E-state index contributed by atoms with van der Waals surface area (Å²) >= 11 is 0. The van der Waals surface area contributed by atoms with Crippen molar-refractivity contribution in [3.8, 4) is 5.69 Å². The third-order valence-corrected chi connectivity index (χ3v) is 6.22. The van der Waals surface area contributed by atoms with E-state index in [1.54, 1.807) is 0 Å². The molecule has 0 atom stereocenters. The Bertz CT molecular complexity index is 724. The predicted octanol–water partition coefficient (Wildman–Crippen LogP) is 2.64. The number of aromatic nitrogens is 2. The molecule has 2 aliphatic rings. The van der Waals surface area contributed by atoms with E-state index >= 15 is 0 Å². The second-order valence-corrected chi connectivity index (χ2v) is 8.40. The molecule has 5 heteroatoms. The van der Waals surface area contributed by atoms with E-state index in [9.17, 15) is 0 Å². The predicted molar refractivity (Wildman–Crippen MR) is 110 cm³/mol. The fourth-order valence-corrected chi connectivity index (χ4v) is 4.37. The highest BCUT2D eigenvalue weighted by molar-refractivity contribution is 5.39. The molecule has 2 saturated heterocycles. The molecule has 2 aromatic rings. The van der Waals surface area contributed by atoms with Gasteiger partial charge in [-0.25, -0.2) is 4.68 Å². The zero-order valence-electron chi connectivity index (χ0n) is 16.8. The molecule has 0 aliphatic carbocycles. The number of hydrogen-bond donors (Lipinski definition) is 0. The summed E-state index contributed by atoms with van der Waals surface area (Å²) in [5, 5.41) is 4.59. The van der Waals surface area contributed by atoms with Crippen molar-refractivity contribution in [3.05, 3.63) is 47.8 Å². The highest BCUT2D eigenvalue weighted by atomic mass is 15.3. The summed E-state index contributed by atoms with van der Waals surface area (Å²) < 4.78 is 2.02. The Labute approximate surface area is 163 Å². The lowest BCUT2D eigenvalue weighted by Crippen LogP contribution is -2.47. The van der Waals surface area contributed by atoms with Crippen LogP contribution >= 0.6 is 0 Å². The molecule has 0 N–H and O–H groups in total. The third-order valence-electron chi connectivity index (χ3n) is 6.22. The van der Waals surface area contributed by atoms with Gasteiger partial charge in [0.15, 0.2) is 0 Å². The van der Waals surface area contributed by atoms with Crippen LogP contribution in [0.1, 0.15) is 24.0 Å². The van der Waals surface area contributed by atoms with Crippen molar-refractivity contribution < 1.29 is 0 Å². The largest absolute Gasteiger partial charge is 0.304 e. The Balaban J connectivity index is 1.26. The van der Waals surface area contributed by atoms with Gasteiger partial charge in [0.05, 0.1) is 11.9 Å². The molecule has 2 fully saturated rings. The standard InChI is InChI=1S/C22H33N5/c1-19-5-3-4-6-22(19)27-18-21(15-23-27)17-25-9-7-20(8-10-25)16-26-13-11-24(2)12-14-26/h3-6,15,18,20H,7-14,16-17H2,1-2H3. The first-order chi connectivity index (χ1) is 13.2. The maximum absolute atomic E-state index is 4.59. The molecule has 0 amide bonds. The molecule has 4 rings (SSSR count). The van der Waals surface area contributed by atoms with Crippen LogP contribution in [0.4, 0.5) is 0 Å². The van der Waals surface area contributed by atoms with Gasteiger partial charge in [0.1, 0.15) is 0 Å². The van der Waals surface area contributed by atoms with Crippen molar-refractivity contribution >= 4 is 0 Å². The van der Waals surface area contributed by atoms with Crippen LogP contribution in [0.15, 0.2) is 36.7 Å². The quantitative estimate of drug-likeness (QED) is 0.812. The Morgan fingerprint density at radius 2 is 1.70 bits per heavy atom. The number of nitrogens with zero attached hydrogens (tertiary/aromatic N) is 5. The number of para-hydroxylation sites is 1. The van der Waals surface area contributed by atoms with Crippen LogP contribution in [0.3, 0.4) is 0 Å². The minimum Gasteiger partial charge on any atom is -0.304 e. The minimum atomic E-state index is 0.874. The Morgan fingerprint density at radius 3 is 2.44 bits per heavy atom. The van der Waals surface area contributed by atoms with E-state index in [2.05, 4.69) is 64.2 Å². The van der Waals surface area contributed by atoms with Gasteiger partial charge in [-0.15, -0.1) is 0 Å². The number of hydrogen-bond acceptors (Lipinski definition) is 4. The Kier molecular flexibility index (Phi) is 5.91. The molecule has 1 aromatic carbocycles. The number of likely N-dealkylation sites (tertiary alicyclic amines) is 1. The molecule has 2 aliphatic heterocycles. The fraction of sp³-hybridized carbons (Fsp3) is 0.591. The van der Waals surface area contributed by atoms with Crippen LogP contribution in [0, 0.1) is 12.8 Å². The van der Waals surface area contributed by atoms with Gasteiger partial charge < -0.3 is 9.80 Å². The molecule has 146 valence electrons. The third kappa shape index (κ3) is 4.78. The van der Waals surface area contributed by atoms with Crippen LogP contribution in [0.5, 0.6) is 0 Å². The van der Waals surface area contributed by atoms with Gasteiger partial charge in [-0.1, -0.05) is 18.2 Å². The van der Waals surface area contributed by atoms with Crippen LogP contribution in [-0.2, 0) is 6.54 Å². The number of rotatable bonds is 5. The first kappa shape index (κ1) is 18.7. The number of piperidine rings is 1. The van der Waals surface area contributed by atoms with Crippen molar-refractivity contribution in [2.75, 3.05) is 52.9 Å². The van der Waals surface area contributed by atoms with Crippen molar-refractivity contribution in [2.45, 2.75) is 26.3 Å². The summed E-state index contributed by atoms with van der Waals surface area (Å²) in [6.45, 7) is 11.8. The molecular formula is C22H33N5. The molecule has 0 bridgehead atoms. The lowest BCUT2D eigenvalue weighted by Gasteiger charge is -2.37. The maximum Gasteiger partial charge on any atom is 0.0674 e. The molecule has 0 saturated carbocycles. The van der Waals surface area contributed by atoms with E-state index in [1.165, 1.54) is 75.5 Å². The average molecular weight is 368 g/mol. The molecule has 0 unspecified atom stereocenters. The summed E-state index contributed by atoms with van der Waals surface area (Å²) in [5.74, 6) is 0.874. The Morgan fingerprint density at radius 1 is 0.963 bits per heavy atom. The zero-order valence-corrected chi connectivity index (χ0v) is 16.8. The van der Waals surface area contributed by atoms with Gasteiger partial charge in [-0.2, -0.15) is 5.10 Å². The molecule has 27 heavy (non-hydrogen) atoms. The lowest BCUT2D eigenvalue weighted by molar-refractivity contribution is 0.104. The smallest absolute Gasteiger partial charge is 0.0674 e. The molecular weight excluding hydrogens is 334 g/mol. The van der Waals surface area contributed by atoms with Gasteiger partial charge in [0.25, 0.3) is 0 Å². The topological polar surface area (TPSA) is 27.5 Å². The van der Waals surface area contributed by atoms with E-state index in [1.807, 2.05) is 10.9 Å². The van der Waals surface area contributed by atoms with Crippen LogP contribution < -0.4 is 0 Å². The lowest BCUT2D eigenvalue weighted by atomic mass is 9.95. The van der Waals surface area contributed by atoms with E-state index < -0.39 is 0 Å². The summed E-state index contributed by atoms with van der Waals surface area (Å²) in [7, 11) is 2.23. The molecule has 3 heterocycles. The number of aryl methyl sites for hydroxylation is 1. The first-order valence-electron chi connectivity index (χ1n) is 10.4. The van der Waals surface area contributed by atoms with E-state index in [0.29, 0.717) is 0 Å². The van der Waals surface area contributed by atoms with Crippen LogP contribution in [0.2, 0.25) is 0 Å². The second-order valence-electron chi connectivity index (χ2n) is 8.40. The van der Waals surface area contributed by atoms with E-state index in [-0.39, 0.29) is 0 Å². The van der Waals surface area contributed by atoms with Gasteiger partial charge in [-0.3, -0.25) is 4.90 Å². The van der Waals surface area contributed by atoms with Crippen molar-refractivity contribution in [3.63, 3.8) is 0 Å². The van der Waals surface area contributed by atoms with Crippen molar-refractivity contribution in [1.82, 2.24) is 24.5 Å². The van der Waals surface area contributed by atoms with E-state index in [4.69, 9.17) is 0 Å². The second kappa shape index (κ2) is 8.55. The van der Waals surface area contributed by atoms with Gasteiger partial charge in [0.2, 0.25) is 0 Å². The number of likely N-dealkylation sites (N-methyl/N-ethyl adjacent to an activating group) is 1. The SMILES string of the molecule is Cc1ccccc1-n1cc(CN2CCC(CN3CCN(C)CC3)CC2)cn1. The highest BCUT2D eigenvalue weighted by Crippen LogP contribution is 2.21. The van der Waals surface area contributed by atoms with Crippen LogP contribution in [-0.4, -0.2) is 77.3 Å². The number of piperazine rings is 1. The molecule has 5 nitrogen and oxygen atoms in total. The minimum absolute atomic E-state index is 0.874. The average Bonchev–Trinajstić information content (AvgIpc) is 3.14. The first-order valence-corrected chi connectivity index (χ1v) is 10.4. The molecule has 1 aromatic heterocycles. The molecule has 0 radical (unpaired) electrons. The zero-order chi connectivity index (χ0) is 18.6. The van der Waals surface area contributed by atoms with Crippen molar-refractivity contribution in [2.24, 2.45) is 5.92 Å². The fourth-order valence-electron chi connectivity index (χ4n) is 4.37. The summed E-state index contributed by atoms with van der Waals surface area (Å²) in [5.41, 5.74) is 3.75. The summed E-state index contributed by atoms with van der Waals surface area (Å²) in [6.07, 6.45) is 6.89. The van der Waals surface area contributed by atoms with Gasteiger partial charge >= 0.3 is 0 Å². The number of benzene rings is 1. The van der Waals surface area contributed by atoms with Gasteiger partial charge in [-0.05, 0) is 57.5 Å². The summed E-state index contributed by atoms with van der Waals surface area (Å²) in [6, 6.07) is 8.43. The van der Waals surface area contributed by atoms with Crippen LogP contribution in [0.25, 0.3) is 5.69 Å². The summed E-state index contributed by atoms with van der Waals surface area (Å²) in [4.78, 5) is 7.71.